The van der Waals surface area contributed by atoms with Gasteiger partial charge in [-0.15, -0.1) is 0 Å². The van der Waals surface area contributed by atoms with Gasteiger partial charge in [-0.3, -0.25) is 4.79 Å². The van der Waals surface area contributed by atoms with Gasteiger partial charge in [0.25, 0.3) is 0 Å². The standard InChI is InChI=1S/C21H21ClN2O5S/c1-28-19-6-3-2-5-15(19)14-23-21(25)13-18(20-7-4-12-29-20)24-30(26,27)17-10-8-16(22)9-11-17/h2-12,18,24H,13-14H2,1H3,(H,23,25). The van der Waals surface area contributed by atoms with Crippen LogP contribution in [0.2, 0.25) is 5.02 Å². The van der Waals surface area contributed by atoms with Gasteiger partial charge in [-0.2, -0.15) is 4.72 Å². The molecule has 1 amide bonds. The normalized spacial score (nSPS) is 12.3. The van der Waals surface area contributed by atoms with Crippen LogP contribution in [0.4, 0.5) is 0 Å². The monoisotopic (exact) mass is 448 g/mol. The zero-order valence-corrected chi connectivity index (χ0v) is 17.7. The van der Waals surface area contributed by atoms with Crippen LogP contribution in [0.5, 0.6) is 5.75 Å². The summed E-state index contributed by atoms with van der Waals surface area (Å²) in [6, 6.07) is 15.4. The molecule has 0 saturated heterocycles. The minimum Gasteiger partial charge on any atom is -0.496 e. The average molecular weight is 449 g/mol. The fourth-order valence-corrected chi connectivity index (χ4v) is 4.19. The molecule has 0 aliphatic heterocycles. The lowest BCUT2D eigenvalue weighted by Gasteiger charge is -2.17. The van der Waals surface area contributed by atoms with Crippen molar-refractivity contribution < 1.29 is 22.4 Å². The highest BCUT2D eigenvalue weighted by Gasteiger charge is 2.25. The number of methoxy groups -OCH3 is 1. The number of ether oxygens (including phenoxy) is 1. The number of sulfonamides is 1. The Kier molecular flexibility index (Phi) is 7.15. The summed E-state index contributed by atoms with van der Waals surface area (Å²) in [4.78, 5) is 12.6. The lowest BCUT2D eigenvalue weighted by atomic mass is 10.1. The predicted octanol–water partition coefficient (Wildman–Crippen LogP) is 3.67. The number of rotatable bonds is 9. The van der Waals surface area contributed by atoms with Crippen molar-refractivity contribution in [2.24, 2.45) is 0 Å². The van der Waals surface area contributed by atoms with E-state index in [0.717, 1.165) is 5.56 Å². The van der Waals surface area contributed by atoms with Crippen LogP contribution in [0.3, 0.4) is 0 Å². The third-order valence-electron chi connectivity index (χ3n) is 4.37. The van der Waals surface area contributed by atoms with Gasteiger partial charge >= 0.3 is 0 Å². The molecule has 0 aliphatic carbocycles. The molecule has 158 valence electrons. The molecular formula is C21H21ClN2O5S. The van der Waals surface area contributed by atoms with Gasteiger partial charge < -0.3 is 14.5 Å². The van der Waals surface area contributed by atoms with Gasteiger partial charge in [0.2, 0.25) is 15.9 Å². The number of carbonyl (C=O) groups is 1. The molecule has 0 radical (unpaired) electrons. The summed E-state index contributed by atoms with van der Waals surface area (Å²) in [5, 5.41) is 3.21. The van der Waals surface area contributed by atoms with E-state index in [-0.39, 0.29) is 23.8 Å². The minimum atomic E-state index is -3.89. The van der Waals surface area contributed by atoms with Crippen LogP contribution in [0.15, 0.2) is 76.2 Å². The molecule has 1 unspecified atom stereocenters. The van der Waals surface area contributed by atoms with E-state index >= 15 is 0 Å². The van der Waals surface area contributed by atoms with Crippen molar-refractivity contribution in [2.45, 2.75) is 23.9 Å². The topological polar surface area (TPSA) is 97.6 Å². The molecule has 1 atom stereocenters. The Morgan fingerprint density at radius 1 is 1.10 bits per heavy atom. The number of benzene rings is 2. The Morgan fingerprint density at radius 3 is 2.50 bits per heavy atom. The van der Waals surface area contributed by atoms with Crippen LogP contribution in [-0.2, 0) is 21.4 Å². The number of halogens is 1. The molecule has 30 heavy (non-hydrogen) atoms. The van der Waals surface area contributed by atoms with Crippen LogP contribution in [0.25, 0.3) is 0 Å². The van der Waals surface area contributed by atoms with Gasteiger partial charge in [0, 0.05) is 17.1 Å². The highest BCUT2D eigenvalue weighted by molar-refractivity contribution is 7.89. The molecule has 0 spiro atoms. The molecule has 2 aromatic carbocycles. The van der Waals surface area contributed by atoms with E-state index in [1.165, 1.54) is 30.5 Å². The Bertz CT molecular complexity index is 1080. The molecule has 0 saturated carbocycles. The number of carbonyl (C=O) groups excluding carboxylic acids is 1. The van der Waals surface area contributed by atoms with Gasteiger partial charge in [-0.05, 0) is 42.5 Å². The number of para-hydroxylation sites is 1. The second kappa shape index (κ2) is 9.80. The van der Waals surface area contributed by atoms with Crippen LogP contribution >= 0.6 is 11.6 Å². The van der Waals surface area contributed by atoms with Gasteiger partial charge in [0.1, 0.15) is 11.5 Å². The third-order valence-corrected chi connectivity index (χ3v) is 6.11. The van der Waals surface area contributed by atoms with Crippen LogP contribution in [-0.4, -0.2) is 21.4 Å². The van der Waals surface area contributed by atoms with E-state index in [2.05, 4.69) is 10.0 Å². The number of hydrogen-bond acceptors (Lipinski definition) is 5. The van der Waals surface area contributed by atoms with E-state index in [4.69, 9.17) is 20.8 Å². The molecule has 0 bridgehead atoms. The van der Waals surface area contributed by atoms with Gasteiger partial charge in [-0.25, -0.2) is 8.42 Å². The number of amides is 1. The van der Waals surface area contributed by atoms with Crippen molar-refractivity contribution in [2.75, 3.05) is 7.11 Å². The van der Waals surface area contributed by atoms with Gasteiger partial charge in [0.05, 0.1) is 30.7 Å². The highest BCUT2D eigenvalue weighted by Crippen LogP contribution is 2.22. The molecular weight excluding hydrogens is 428 g/mol. The van der Waals surface area contributed by atoms with Crippen molar-refractivity contribution in [1.29, 1.82) is 0 Å². The second-order valence-corrected chi connectivity index (χ2v) is 8.59. The van der Waals surface area contributed by atoms with Gasteiger partial charge in [-0.1, -0.05) is 29.8 Å². The molecule has 9 heteroatoms. The summed E-state index contributed by atoms with van der Waals surface area (Å²) >= 11 is 5.83. The maximum absolute atomic E-state index is 12.7. The molecule has 0 aliphatic rings. The minimum absolute atomic E-state index is 0.0397. The smallest absolute Gasteiger partial charge is 0.241 e. The predicted molar refractivity (Wildman–Crippen MR) is 113 cm³/mol. The van der Waals surface area contributed by atoms with E-state index in [0.29, 0.717) is 16.5 Å². The average Bonchev–Trinajstić information content (AvgIpc) is 3.27. The Hall–Kier alpha value is -2.81. The molecule has 1 aromatic heterocycles. The Labute approximate surface area is 180 Å². The lowest BCUT2D eigenvalue weighted by molar-refractivity contribution is -0.121. The van der Waals surface area contributed by atoms with Gasteiger partial charge in [0.15, 0.2) is 0 Å². The van der Waals surface area contributed by atoms with E-state index in [1.54, 1.807) is 25.3 Å². The maximum Gasteiger partial charge on any atom is 0.241 e. The Balaban J connectivity index is 1.71. The quantitative estimate of drug-likeness (QED) is 0.520. The zero-order valence-electron chi connectivity index (χ0n) is 16.2. The van der Waals surface area contributed by atoms with Crippen molar-refractivity contribution in [3.05, 3.63) is 83.3 Å². The number of nitrogens with one attached hydrogen (secondary N) is 2. The van der Waals surface area contributed by atoms with E-state index in [1.807, 2.05) is 18.2 Å². The van der Waals surface area contributed by atoms with Crippen LogP contribution < -0.4 is 14.8 Å². The SMILES string of the molecule is COc1ccccc1CNC(=O)CC(NS(=O)(=O)c1ccc(Cl)cc1)c1ccco1. The molecule has 3 rings (SSSR count). The largest absolute Gasteiger partial charge is 0.496 e. The lowest BCUT2D eigenvalue weighted by Crippen LogP contribution is -2.33. The number of furan rings is 1. The summed E-state index contributed by atoms with van der Waals surface area (Å²) in [7, 11) is -2.34. The zero-order chi connectivity index (χ0) is 21.6. The van der Waals surface area contributed by atoms with Crippen LogP contribution in [0, 0.1) is 0 Å². The first-order valence-electron chi connectivity index (χ1n) is 9.09. The molecule has 0 fully saturated rings. The van der Waals surface area contributed by atoms with Crippen molar-refractivity contribution in [3.63, 3.8) is 0 Å². The molecule has 7 nitrogen and oxygen atoms in total. The fourth-order valence-electron chi connectivity index (χ4n) is 2.86. The highest BCUT2D eigenvalue weighted by atomic mass is 35.5. The summed E-state index contributed by atoms with van der Waals surface area (Å²) in [6.45, 7) is 0.248. The molecule has 3 aromatic rings. The van der Waals surface area contributed by atoms with Crippen molar-refractivity contribution in [3.8, 4) is 5.75 Å². The second-order valence-electron chi connectivity index (χ2n) is 6.44. The fraction of sp³-hybridized carbons (Fsp3) is 0.190. The summed E-state index contributed by atoms with van der Waals surface area (Å²) < 4.78 is 38.7. The Morgan fingerprint density at radius 2 is 1.83 bits per heavy atom. The van der Waals surface area contributed by atoms with E-state index in [9.17, 15) is 13.2 Å². The summed E-state index contributed by atoms with van der Waals surface area (Å²) in [5.41, 5.74) is 0.810. The van der Waals surface area contributed by atoms with Crippen molar-refractivity contribution >= 4 is 27.5 Å². The first-order valence-corrected chi connectivity index (χ1v) is 10.9. The number of hydrogen-bond donors (Lipinski definition) is 2. The third kappa shape index (κ3) is 5.63. The first-order chi connectivity index (χ1) is 14.4. The van der Waals surface area contributed by atoms with E-state index < -0.39 is 16.1 Å². The van der Waals surface area contributed by atoms with Crippen LogP contribution in [0.1, 0.15) is 23.8 Å². The molecule has 2 N–H and O–H groups in total. The first kappa shape index (κ1) is 21.9. The summed E-state index contributed by atoms with van der Waals surface area (Å²) in [5.74, 6) is 0.643. The summed E-state index contributed by atoms with van der Waals surface area (Å²) in [6.07, 6.45) is 1.28. The maximum atomic E-state index is 12.7. The molecule has 1 heterocycles. The van der Waals surface area contributed by atoms with Crippen molar-refractivity contribution in [1.82, 2.24) is 10.0 Å².